The molecule has 1 aromatic carbocycles. The van der Waals surface area contributed by atoms with Crippen molar-refractivity contribution in [1.29, 1.82) is 0 Å². The highest BCUT2D eigenvalue weighted by atomic mass is 32.2. The van der Waals surface area contributed by atoms with Crippen LogP contribution in [0.15, 0.2) is 24.3 Å². The molecular weight excluding hydrogens is 312 g/mol. The fourth-order valence-electron chi connectivity index (χ4n) is 3.16. The SMILES string of the molecule is NCCC(O)c1cccc(NS(=O)(=O)CCC2CCCCC2)c1. The fraction of sp³-hybridized carbons (Fsp3) is 0.647. The first-order chi connectivity index (χ1) is 11.0. The highest BCUT2D eigenvalue weighted by Gasteiger charge is 2.18. The van der Waals surface area contributed by atoms with E-state index in [1.54, 1.807) is 24.3 Å². The molecule has 0 saturated heterocycles. The van der Waals surface area contributed by atoms with Crippen molar-refractivity contribution < 1.29 is 13.5 Å². The highest BCUT2D eigenvalue weighted by Crippen LogP contribution is 2.27. The lowest BCUT2D eigenvalue weighted by Crippen LogP contribution is -2.20. The van der Waals surface area contributed by atoms with Crippen molar-refractivity contribution in [1.82, 2.24) is 0 Å². The first-order valence-corrected chi connectivity index (χ1v) is 10.1. The van der Waals surface area contributed by atoms with Gasteiger partial charge in [-0.3, -0.25) is 4.72 Å². The Bertz CT molecular complexity index is 583. The smallest absolute Gasteiger partial charge is 0.232 e. The van der Waals surface area contributed by atoms with Crippen LogP contribution in [0.1, 0.15) is 56.6 Å². The summed E-state index contributed by atoms with van der Waals surface area (Å²) in [5, 5.41) is 9.96. The second-order valence-corrected chi connectivity index (χ2v) is 8.27. The molecular formula is C17H28N2O3S. The molecule has 1 aliphatic carbocycles. The molecule has 0 aliphatic heterocycles. The quantitative estimate of drug-likeness (QED) is 0.678. The summed E-state index contributed by atoms with van der Waals surface area (Å²) in [6.07, 6.45) is 6.54. The van der Waals surface area contributed by atoms with Crippen molar-refractivity contribution in [2.75, 3.05) is 17.0 Å². The van der Waals surface area contributed by atoms with Crippen LogP contribution in [-0.2, 0) is 10.0 Å². The average molecular weight is 340 g/mol. The van der Waals surface area contributed by atoms with Crippen LogP contribution in [0.5, 0.6) is 0 Å². The van der Waals surface area contributed by atoms with Crippen LogP contribution in [0.3, 0.4) is 0 Å². The molecule has 1 aromatic rings. The van der Waals surface area contributed by atoms with Crippen LogP contribution in [0.2, 0.25) is 0 Å². The summed E-state index contributed by atoms with van der Waals surface area (Å²) in [5.74, 6) is 0.700. The molecule has 23 heavy (non-hydrogen) atoms. The van der Waals surface area contributed by atoms with E-state index in [0.29, 0.717) is 30.1 Å². The Morgan fingerprint density at radius 3 is 2.70 bits per heavy atom. The summed E-state index contributed by atoms with van der Waals surface area (Å²) in [6, 6.07) is 6.91. The Morgan fingerprint density at radius 2 is 2.00 bits per heavy atom. The first-order valence-electron chi connectivity index (χ1n) is 8.49. The number of hydrogen-bond acceptors (Lipinski definition) is 4. The van der Waals surface area contributed by atoms with E-state index < -0.39 is 16.1 Å². The van der Waals surface area contributed by atoms with Crippen molar-refractivity contribution in [2.45, 2.75) is 51.0 Å². The van der Waals surface area contributed by atoms with Crippen LogP contribution in [-0.4, -0.2) is 25.8 Å². The molecule has 1 atom stereocenters. The normalized spacial score (nSPS) is 17.8. The van der Waals surface area contributed by atoms with Crippen molar-refractivity contribution >= 4 is 15.7 Å². The lowest BCUT2D eigenvalue weighted by atomic mass is 9.88. The molecule has 5 nitrogen and oxygen atoms in total. The van der Waals surface area contributed by atoms with Crippen LogP contribution in [0, 0.1) is 5.92 Å². The number of hydrogen-bond donors (Lipinski definition) is 3. The molecule has 4 N–H and O–H groups in total. The van der Waals surface area contributed by atoms with Gasteiger partial charge < -0.3 is 10.8 Å². The summed E-state index contributed by atoms with van der Waals surface area (Å²) >= 11 is 0. The maximum absolute atomic E-state index is 12.3. The second kappa shape index (κ2) is 8.66. The van der Waals surface area contributed by atoms with Crippen molar-refractivity contribution in [2.24, 2.45) is 11.7 Å². The van der Waals surface area contributed by atoms with E-state index in [4.69, 9.17) is 5.73 Å². The molecule has 0 radical (unpaired) electrons. The van der Waals surface area contributed by atoms with Crippen molar-refractivity contribution in [3.63, 3.8) is 0 Å². The molecule has 6 heteroatoms. The third-order valence-corrected chi connectivity index (χ3v) is 5.82. The Kier molecular flexibility index (Phi) is 6.87. The zero-order chi connectivity index (χ0) is 16.7. The van der Waals surface area contributed by atoms with Gasteiger partial charge >= 0.3 is 0 Å². The maximum Gasteiger partial charge on any atom is 0.232 e. The zero-order valence-corrected chi connectivity index (χ0v) is 14.4. The van der Waals surface area contributed by atoms with Gasteiger partial charge in [-0.25, -0.2) is 8.42 Å². The van der Waals surface area contributed by atoms with Crippen LogP contribution >= 0.6 is 0 Å². The molecule has 0 heterocycles. The van der Waals surface area contributed by atoms with Gasteiger partial charge in [0.05, 0.1) is 11.9 Å². The van der Waals surface area contributed by atoms with Gasteiger partial charge in [0.15, 0.2) is 0 Å². The number of anilines is 1. The Morgan fingerprint density at radius 1 is 1.26 bits per heavy atom. The average Bonchev–Trinajstić information content (AvgIpc) is 2.54. The third-order valence-electron chi connectivity index (χ3n) is 4.50. The fourth-order valence-corrected chi connectivity index (χ4v) is 4.39. The molecule has 2 rings (SSSR count). The molecule has 0 aromatic heterocycles. The van der Waals surface area contributed by atoms with Crippen LogP contribution in [0.4, 0.5) is 5.69 Å². The highest BCUT2D eigenvalue weighted by molar-refractivity contribution is 7.92. The number of nitrogens with two attached hydrogens (primary N) is 1. The molecule has 1 aliphatic rings. The minimum atomic E-state index is -3.35. The summed E-state index contributed by atoms with van der Waals surface area (Å²) in [6.45, 7) is 0.387. The van der Waals surface area contributed by atoms with E-state index in [2.05, 4.69) is 4.72 Å². The Balaban J connectivity index is 1.92. The van der Waals surface area contributed by atoms with Gasteiger partial charge in [-0.15, -0.1) is 0 Å². The van der Waals surface area contributed by atoms with Gasteiger partial charge in [0.2, 0.25) is 10.0 Å². The summed E-state index contributed by atoms with van der Waals surface area (Å²) in [5.41, 5.74) is 6.63. The van der Waals surface area contributed by atoms with Gasteiger partial charge in [-0.05, 0) is 43.0 Å². The minimum Gasteiger partial charge on any atom is -0.388 e. The topological polar surface area (TPSA) is 92.4 Å². The largest absolute Gasteiger partial charge is 0.388 e. The zero-order valence-electron chi connectivity index (χ0n) is 13.6. The maximum atomic E-state index is 12.3. The van der Waals surface area contributed by atoms with Gasteiger partial charge in [0, 0.05) is 5.69 Å². The number of aliphatic hydroxyl groups excluding tert-OH is 1. The molecule has 0 spiro atoms. The van der Waals surface area contributed by atoms with Gasteiger partial charge in [-0.1, -0.05) is 44.2 Å². The third kappa shape index (κ3) is 6.12. The number of aliphatic hydroxyl groups is 1. The molecule has 1 fully saturated rings. The predicted octanol–water partition coefficient (Wildman–Crippen LogP) is 2.78. The lowest BCUT2D eigenvalue weighted by Gasteiger charge is -2.21. The van der Waals surface area contributed by atoms with Gasteiger partial charge in [0.1, 0.15) is 0 Å². The van der Waals surface area contributed by atoms with E-state index in [-0.39, 0.29) is 5.75 Å². The first kappa shape index (κ1) is 18.2. The predicted molar refractivity (Wildman–Crippen MR) is 93.7 cm³/mol. The van der Waals surface area contributed by atoms with Gasteiger partial charge in [-0.2, -0.15) is 0 Å². The van der Waals surface area contributed by atoms with Gasteiger partial charge in [0.25, 0.3) is 0 Å². The molecule has 1 unspecified atom stereocenters. The lowest BCUT2D eigenvalue weighted by molar-refractivity contribution is 0.170. The van der Waals surface area contributed by atoms with E-state index >= 15 is 0 Å². The number of rotatable bonds is 8. The van der Waals surface area contributed by atoms with E-state index in [1.807, 2.05) is 0 Å². The molecule has 0 bridgehead atoms. The minimum absolute atomic E-state index is 0.160. The monoisotopic (exact) mass is 340 g/mol. The summed E-state index contributed by atoms with van der Waals surface area (Å²) < 4.78 is 27.1. The van der Waals surface area contributed by atoms with Crippen molar-refractivity contribution in [3.8, 4) is 0 Å². The second-order valence-electron chi connectivity index (χ2n) is 6.43. The van der Waals surface area contributed by atoms with E-state index in [9.17, 15) is 13.5 Å². The van der Waals surface area contributed by atoms with Crippen molar-refractivity contribution in [3.05, 3.63) is 29.8 Å². The number of benzene rings is 1. The Hall–Kier alpha value is -1.11. The number of nitrogens with one attached hydrogen (secondary N) is 1. The number of sulfonamides is 1. The standard InChI is InChI=1S/C17H28N2O3S/c18-11-9-17(20)15-7-4-8-16(13-15)19-23(21,22)12-10-14-5-2-1-3-6-14/h4,7-8,13-14,17,19-20H,1-3,5-6,9-12,18H2. The summed E-state index contributed by atoms with van der Waals surface area (Å²) in [7, 11) is -3.35. The van der Waals surface area contributed by atoms with Crippen LogP contribution < -0.4 is 10.5 Å². The molecule has 0 amide bonds. The van der Waals surface area contributed by atoms with Crippen LogP contribution in [0.25, 0.3) is 0 Å². The molecule has 130 valence electrons. The van der Waals surface area contributed by atoms with E-state index in [1.165, 1.54) is 19.3 Å². The Labute approximate surface area is 139 Å². The van der Waals surface area contributed by atoms with E-state index in [0.717, 1.165) is 19.3 Å². The molecule has 1 saturated carbocycles. The summed E-state index contributed by atoms with van der Waals surface area (Å²) in [4.78, 5) is 0.